The minimum Gasteiger partial charge on any atom is -0.420 e. The highest BCUT2D eigenvalue weighted by molar-refractivity contribution is 5.86. The summed E-state index contributed by atoms with van der Waals surface area (Å²) in [7, 11) is 0. The maximum absolute atomic E-state index is 13.7. The Balaban J connectivity index is 1.72. The van der Waals surface area contributed by atoms with E-state index in [1.54, 1.807) is 6.07 Å². The molecule has 0 amide bonds. The van der Waals surface area contributed by atoms with Crippen LogP contribution in [-0.2, 0) is 6.54 Å². The van der Waals surface area contributed by atoms with Crippen LogP contribution in [0.25, 0.3) is 10.9 Å². The molecule has 0 aliphatic carbocycles. The number of hydrogen-bond donors (Lipinski definition) is 2. The summed E-state index contributed by atoms with van der Waals surface area (Å²) in [4.78, 5) is 0. The van der Waals surface area contributed by atoms with Crippen molar-refractivity contribution in [3.8, 4) is 11.9 Å². The van der Waals surface area contributed by atoms with Crippen molar-refractivity contribution in [1.29, 1.82) is 5.26 Å². The van der Waals surface area contributed by atoms with E-state index in [1.165, 1.54) is 12.1 Å². The molecule has 1 aliphatic heterocycles. The van der Waals surface area contributed by atoms with Crippen LogP contribution in [0.15, 0.2) is 66.2 Å². The van der Waals surface area contributed by atoms with Crippen molar-refractivity contribution in [2.75, 3.05) is 0 Å². The summed E-state index contributed by atoms with van der Waals surface area (Å²) in [5.41, 5.74) is 10.8. The molecule has 0 spiro atoms. The van der Waals surface area contributed by atoms with Gasteiger partial charge < -0.3 is 15.0 Å². The molecule has 0 bridgehead atoms. The minimum atomic E-state index is -0.406. The summed E-state index contributed by atoms with van der Waals surface area (Å²) in [5.74, 6) is -0.231. The highest BCUT2D eigenvalue weighted by atomic mass is 19.1. The average Bonchev–Trinajstić information content (AvgIpc) is 3.28. The molecule has 0 radical (unpaired) electrons. The number of H-pyrrole nitrogens is 1. The van der Waals surface area contributed by atoms with E-state index in [4.69, 9.17) is 10.5 Å². The van der Waals surface area contributed by atoms with Gasteiger partial charge in [0.25, 0.3) is 0 Å². The molecule has 0 saturated carbocycles. The van der Waals surface area contributed by atoms with Crippen LogP contribution in [0.4, 0.5) is 4.39 Å². The number of nitrogens with two attached hydrogens (primary N) is 1. The standard InChI is InChI=1S/C23H18FN5O/c1-13-20-21(17(10-25)22(26)30-23(20)28-27-13)18-12-29(19-8-3-2-7-16(18)19)11-14-5-4-6-15(24)9-14/h2-9,12,21H,11,26H2,1H3,(H,27,28)/t21-/m0/s1. The van der Waals surface area contributed by atoms with Crippen LogP contribution in [-0.4, -0.2) is 14.8 Å². The monoisotopic (exact) mass is 399 g/mol. The summed E-state index contributed by atoms with van der Waals surface area (Å²) in [6.45, 7) is 2.39. The lowest BCUT2D eigenvalue weighted by Gasteiger charge is -2.23. The zero-order valence-corrected chi connectivity index (χ0v) is 16.2. The first-order valence-electron chi connectivity index (χ1n) is 9.51. The number of halogens is 1. The van der Waals surface area contributed by atoms with E-state index in [-0.39, 0.29) is 11.7 Å². The largest absolute Gasteiger partial charge is 0.420 e. The number of para-hydroxylation sites is 1. The molecule has 1 aliphatic rings. The third-order valence-electron chi connectivity index (χ3n) is 5.50. The van der Waals surface area contributed by atoms with Crippen LogP contribution < -0.4 is 10.5 Å². The lowest BCUT2D eigenvalue weighted by atomic mass is 9.84. The van der Waals surface area contributed by atoms with E-state index in [0.717, 1.165) is 33.3 Å². The van der Waals surface area contributed by atoms with E-state index in [0.29, 0.717) is 18.0 Å². The Labute approximate surface area is 172 Å². The van der Waals surface area contributed by atoms with Crippen LogP contribution in [0.3, 0.4) is 0 Å². The van der Waals surface area contributed by atoms with Crippen LogP contribution in [0.5, 0.6) is 5.88 Å². The first kappa shape index (κ1) is 18.0. The number of nitrogens with one attached hydrogen (secondary N) is 1. The van der Waals surface area contributed by atoms with Gasteiger partial charge in [-0.3, -0.25) is 5.10 Å². The predicted octanol–water partition coefficient (Wildman–Crippen LogP) is 4.08. The number of ether oxygens (including phenoxy) is 1. The first-order valence-corrected chi connectivity index (χ1v) is 9.51. The smallest absolute Gasteiger partial charge is 0.244 e. The molecule has 30 heavy (non-hydrogen) atoms. The first-order chi connectivity index (χ1) is 14.6. The van der Waals surface area contributed by atoms with Gasteiger partial charge >= 0.3 is 0 Å². The number of aromatic amines is 1. The molecular formula is C23H18FN5O. The Morgan fingerprint density at radius 2 is 2.10 bits per heavy atom. The van der Waals surface area contributed by atoms with Crippen molar-refractivity contribution >= 4 is 10.9 Å². The predicted molar refractivity (Wildman–Crippen MR) is 110 cm³/mol. The maximum Gasteiger partial charge on any atom is 0.244 e. The van der Waals surface area contributed by atoms with Crippen molar-refractivity contribution in [3.63, 3.8) is 0 Å². The SMILES string of the molecule is Cc1[nH]nc2c1[C@H](c1cn(Cc3cccc(F)c3)c3ccccc13)C(C#N)=C(N)O2. The summed E-state index contributed by atoms with van der Waals surface area (Å²) in [6.07, 6.45) is 2.01. The molecule has 148 valence electrons. The Bertz CT molecular complexity index is 1360. The van der Waals surface area contributed by atoms with Crippen molar-refractivity contribution in [3.05, 3.63) is 94.4 Å². The maximum atomic E-state index is 13.7. The van der Waals surface area contributed by atoms with Gasteiger partial charge in [0.2, 0.25) is 11.8 Å². The van der Waals surface area contributed by atoms with E-state index in [2.05, 4.69) is 20.8 Å². The van der Waals surface area contributed by atoms with Crippen LogP contribution in [0.1, 0.15) is 28.3 Å². The lowest BCUT2D eigenvalue weighted by molar-refractivity contribution is 0.379. The van der Waals surface area contributed by atoms with Crippen molar-refractivity contribution in [2.24, 2.45) is 5.73 Å². The van der Waals surface area contributed by atoms with E-state index < -0.39 is 5.92 Å². The average molecular weight is 399 g/mol. The van der Waals surface area contributed by atoms with Gasteiger partial charge in [0.05, 0.1) is 5.92 Å². The molecule has 3 heterocycles. The zero-order valence-electron chi connectivity index (χ0n) is 16.2. The number of rotatable bonds is 3. The number of benzene rings is 2. The van der Waals surface area contributed by atoms with E-state index in [9.17, 15) is 9.65 Å². The van der Waals surface area contributed by atoms with Gasteiger partial charge in [-0.2, -0.15) is 5.26 Å². The number of nitrogens with zero attached hydrogens (tertiary/aromatic N) is 3. The third-order valence-corrected chi connectivity index (χ3v) is 5.50. The molecule has 4 aromatic rings. The number of aryl methyl sites for hydroxylation is 1. The van der Waals surface area contributed by atoms with Crippen LogP contribution in [0, 0.1) is 24.1 Å². The van der Waals surface area contributed by atoms with E-state index >= 15 is 0 Å². The van der Waals surface area contributed by atoms with Gasteiger partial charge in [-0.1, -0.05) is 30.3 Å². The highest BCUT2D eigenvalue weighted by Gasteiger charge is 2.35. The second-order valence-electron chi connectivity index (χ2n) is 7.35. The number of allylic oxidation sites excluding steroid dienone is 1. The van der Waals surface area contributed by atoms with Gasteiger partial charge in [0.1, 0.15) is 17.5 Å². The van der Waals surface area contributed by atoms with Gasteiger partial charge in [0, 0.05) is 34.9 Å². The molecule has 1 atom stereocenters. The van der Waals surface area contributed by atoms with Gasteiger partial charge in [-0.15, -0.1) is 5.10 Å². The topological polar surface area (TPSA) is 92.7 Å². The molecule has 3 N–H and O–H groups in total. The number of nitriles is 1. The molecule has 0 fully saturated rings. The summed E-state index contributed by atoms with van der Waals surface area (Å²) >= 11 is 0. The van der Waals surface area contributed by atoms with Gasteiger partial charge in [-0.05, 0) is 36.2 Å². The molecule has 2 aromatic carbocycles. The summed E-state index contributed by atoms with van der Waals surface area (Å²) in [6, 6.07) is 16.7. The van der Waals surface area contributed by atoms with Crippen LogP contribution in [0.2, 0.25) is 0 Å². The number of aromatic nitrogens is 3. The van der Waals surface area contributed by atoms with E-state index in [1.807, 2.05) is 43.5 Å². The molecular weight excluding hydrogens is 381 g/mol. The highest BCUT2D eigenvalue weighted by Crippen LogP contribution is 2.45. The summed E-state index contributed by atoms with van der Waals surface area (Å²) < 4.78 is 21.3. The summed E-state index contributed by atoms with van der Waals surface area (Å²) in [5, 5.41) is 18.0. The lowest BCUT2D eigenvalue weighted by Crippen LogP contribution is -2.21. The Hall–Kier alpha value is -4.05. The van der Waals surface area contributed by atoms with Crippen molar-refractivity contribution in [2.45, 2.75) is 19.4 Å². The second-order valence-corrected chi connectivity index (χ2v) is 7.35. The fourth-order valence-corrected chi connectivity index (χ4v) is 4.18. The number of fused-ring (bicyclic) bond motifs is 2. The number of hydrogen-bond acceptors (Lipinski definition) is 4. The Morgan fingerprint density at radius 1 is 1.27 bits per heavy atom. The third kappa shape index (κ3) is 2.73. The molecule has 7 heteroatoms. The minimum absolute atomic E-state index is 0.0588. The fourth-order valence-electron chi connectivity index (χ4n) is 4.18. The Morgan fingerprint density at radius 3 is 2.90 bits per heavy atom. The Kier molecular flexibility index (Phi) is 4.07. The molecule has 0 unspecified atom stereocenters. The molecule has 6 nitrogen and oxygen atoms in total. The zero-order chi connectivity index (χ0) is 20.8. The van der Waals surface area contributed by atoms with Gasteiger partial charge in [-0.25, -0.2) is 4.39 Å². The van der Waals surface area contributed by atoms with Crippen LogP contribution >= 0.6 is 0 Å². The quantitative estimate of drug-likeness (QED) is 0.543. The van der Waals surface area contributed by atoms with Crippen molar-refractivity contribution < 1.29 is 9.13 Å². The molecule has 5 rings (SSSR count). The van der Waals surface area contributed by atoms with Crippen molar-refractivity contribution in [1.82, 2.24) is 14.8 Å². The molecule has 0 saturated heterocycles. The molecule has 2 aromatic heterocycles. The van der Waals surface area contributed by atoms with Gasteiger partial charge in [0.15, 0.2) is 0 Å². The second kappa shape index (κ2) is 6.78. The fraction of sp³-hybridized carbons (Fsp3) is 0.130. The normalized spacial score (nSPS) is 15.7.